The SMILES string of the molecule is CCOC(=O)[C@@H](C#N)C=NCCC[NH+]1CCCC[C@@H]1C. The molecule has 0 spiro atoms. The summed E-state index contributed by atoms with van der Waals surface area (Å²) >= 11 is 0. The molecule has 20 heavy (non-hydrogen) atoms. The van der Waals surface area contributed by atoms with Gasteiger partial charge in [0.25, 0.3) is 0 Å². The summed E-state index contributed by atoms with van der Waals surface area (Å²) in [7, 11) is 0. The molecule has 0 aromatic rings. The number of ether oxygens (including phenoxy) is 1. The first-order chi connectivity index (χ1) is 9.69. The first kappa shape index (κ1) is 16.6. The number of carbonyl (C=O) groups excluding carboxylic acids is 1. The number of hydrogen-bond donors (Lipinski definition) is 1. The Bertz CT molecular complexity index is 363. The maximum absolute atomic E-state index is 11.4. The molecule has 0 saturated carbocycles. The third-order valence-corrected chi connectivity index (χ3v) is 3.80. The molecule has 1 saturated heterocycles. The number of nitriles is 1. The normalized spacial score (nSPS) is 24.2. The lowest BCUT2D eigenvalue weighted by atomic mass is 10.0. The Labute approximate surface area is 121 Å². The summed E-state index contributed by atoms with van der Waals surface area (Å²) < 4.78 is 4.80. The number of carbonyl (C=O) groups is 1. The van der Waals surface area contributed by atoms with E-state index >= 15 is 0 Å². The number of nitrogens with one attached hydrogen (secondary N) is 1. The van der Waals surface area contributed by atoms with Gasteiger partial charge in [-0.05, 0) is 33.1 Å². The van der Waals surface area contributed by atoms with E-state index in [0.29, 0.717) is 13.2 Å². The van der Waals surface area contributed by atoms with Gasteiger partial charge in [0.1, 0.15) is 0 Å². The van der Waals surface area contributed by atoms with Crippen molar-refractivity contribution in [3.63, 3.8) is 0 Å². The first-order valence-corrected chi connectivity index (χ1v) is 7.59. The van der Waals surface area contributed by atoms with Crippen molar-refractivity contribution < 1.29 is 14.4 Å². The van der Waals surface area contributed by atoms with Crippen LogP contribution in [0.4, 0.5) is 0 Å². The van der Waals surface area contributed by atoms with Crippen molar-refractivity contribution in [2.24, 2.45) is 10.9 Å². The van der Waals surface area contributed by atoms with E-state index in [9.17, 15) is 4.79 Å². The van der Waals surface area contributed by atoms with Crippen LogP contribution in [0.2, 0.25) is 0 Å². The second-order valence-electron chi connectivity index (χ2n) is 5.32. The van der Waals surface area contributed by atoms with Crippen molar-refractivity contribution >= 4 is 12.2 Å². The minimum atomic E-state index is -0.865. The van der Waals surface area contributed by atoms with Gasteiger partial charge in [-0.15, -0.1) is 0 Å². The van der Waals surface area contributed by atoms with Crippen LogP contribution in [0.25, 0.3) is 0 Å². The molecule has 0 aromatic heterocycles. The van der Waals surface area contributed by atoms with Crippen LogP contribution in [0.15, 0.2) is 4.99 Å². The molecule has 1 aliphatic rings. The lowest BCUT2D eigenvalue weighted by Crippen LogP contribution is -3.16. The standard InChI is InChI=1S/C15H25N3O2/c1-3-20-15(19)14(11-16)12-17-8-6-10-18-9-5-4-7-13(18)2/h12-14H,3-10H2,1-2H3/p+1/t13-,14-/m0/s1. The summed E-state index contributed by atoms with van der Waals surface area (Å²) in [4.78, 5) is 17.2. The number of quaternary nitrogens is 1. The van der Waals surface area contributed by atoms with Crippen molar-refractivity contribution in [3.8, 4) is 6.07 Å². The lowest BCUT2D eigenvalue weighted by molar-refractivity contribution is -0.928. The smallest absolute Gasteiger partial charge is 0.328 e. The van der Waals surface area contributed by atoms with Gasteiger partial charge in [0.15, 0.2) is 5.92 Å². The molecule has 1 aliphatic heterocycles. The Morgan fingerprint density at radius 3 is 3.05 bits per heavy atom. The van der Waals surface area contributed by atoms with Gasteiger partial charge in [-0.2, -0.15) is 5.26 Å². The molecular formula is C15H26N3O2+. The zero-order valence-electron chi connectivity index (χ0n) is 12.6. The predicted octanol–water partition coefficient (Wildman–Crippen LogP) is 0.607. The maximum Gasteiger partial charge on any atom is 0.328 e. The monoisotopic (exact) mass is 280 g/mol. The van der Waals surface area contributed by atoms with Gasteiger partial charge in [-0.25, -0.2) is 0 Å². The highest BCUT2D eigenvalue weighted by atomic mass is 16.5. The summed E-state index contributed by atoms with van der Waals surface area (Å²) in [6.45, 7) is 7.38. The van der Waals surface area contributed by atoms with Gasteiger partial charge in [0.05, 0.1) is 31.8 Å². The van der Waals surface area contributed by atoms with Crippen molar-refractivity contribution in [1.29, 1.82) is 5.26 Å². The third-order valence-electron chi connectivity index (χ3n) is 3.80. The molecule has 1 rings (SSSR count). The van der Waals surface area contributed by atoms with E-state index in [0.717, 1.165) is 19.0 Å². The molecule has 3 atom stereocenters. The molecule has 1 heterocycles. The molecule has 0 radical (unpaired) electrons. The molecule has 0 amide bonds. The Kier molecular flexibility index (Phi) is 7.89. The summed E-state index contributed by atoms with van der Waals surface area (Å²) in [5.74, 6) is -1.37. The number of nitrogens with zero attached hydrogens (tertiary/aromatic N) is 2. The number of hydrogen-bond acceptors (Lipinski definition) is 4. The maximum atomic E-state index is 11.4. The highest BCUT2D eigenvalue weighted by Gasteiger charge is 2.20. The van der Waals surface area contributed by atoms with Crippen LogP contribution in [0, 0.1) is 17.2 Å². The zero-order valence-corrected chi connectivity index (χ0v) is 12.6. The molecule has 0 aromatic carbocycles. The molecule has 1 unspecified atom stereocenters. The van der Waals surface area contributed by atoms with Gasteiger partial charge in [0, 0.05) is 19.2 Å². The van der Waals surface area contributed by atoms with Crippen LogP contribution in [0.1, 0.15) is 39.5 Å². The molecule has 0 bridgehead atoms. The predicted molar refractivity (Wildman–Crippen MR) is 77.7 cm³/mol. The molecular weight excluding hydrogens is 254 g/mol. The van der Waals surface area contributed by atoms with Gasteiger partial charge in [-0.3, -0.25) is 9.79 Å². The number of esters is 1. The van der Waals surface area contributed by atoms with Crippen LogP contribution in [0.5, 0.6) is 0 Å². The molecule has 0 aliphatic carbocycles. The molecule has 1 fully saturated rings. The van der Waals surface area contributed by atoms with Crippen LogP contribution in [0.3, 0.4) is 0 Å². The molecule has 5 heteroatoms. The van der Waals surface area contributed by atoms with Gasteiger partial charge in [-0.1, -0.05) is 0 Å². The van der Waals surface area contributed by atoms with Crippen molar-refractivity contribution in [2.75, 3.05) is 26.2 Å². The number of aliphatic imine (C=N–C) groups is 1. The van der Waals surface area contributed by atoms with E-state index in [-0.39, 0.29) is 0 Å². The van der Waals surface area contributed by atoms with Gasteiger partial charge >= 0.3 is 5.97 Å². The van der Waals surface area contributed by atoms with Gasteiger partial charge in [0.2, 0.25) is 0 Å². The number of piperidine rings is 1. The first-order valence-electron chi connectivity index (χ1n) is 7.59. The highest BCUT2D eigenvalue weighted by Crippen LogP contribution is 2.01. The quantitative estimate of drug-likeness (QED) is 0.422. The Balaban J connectivity index is 2.23. The minimum Gasteiger partial charge on any atom is -0.465 e. The van der Waals surface area contributed by atoms with E-state index in [1.165, 1.54) is 32.0 Å². The van der Waals surface area contributed by atoms with E-state index in [2.05, 4.69) is 11.9 Å². The fourth-order valence-electron chi connectivity index (χ4n) is 2.58. The van der Waals surface area contributed by atoms with Crippen molar-refractivity contribution in [3.05, 3.63) is 0 Å². The van der Waals surface area contributed by atoms with E-state index in [4.69, 9.17) is 10.00 Å². The fraction of sp³-hybridized carbons (Fsp3) is 0.800. The van der Waals surface area contributed by atoms with E-state index in [1.54, 1.807) is 11.8 Å². The average Bonchev–Trinajstić information content (AvgIpc) is 2.45. The summed E-state index contributed by atoms with van der Waals surface area (Å²) in [6.07, 6.45) is 6.41. The fourth-order valence-corrected chi connectivity index (χ4v) is 2.58. The minimum absolute atomic E-state index is 0.293. The number of rotatable bonds is 7. The summed E-state index contributed by atoms with van der Waals surface area (Å²) in [6, 6.07) is 2.65. The third kappa shape index (κ3) is 5.70. The van der Waals surface area contributed by atoms with Crippen LogP contribution >= 0.6 is 0 Å². The molecule has 112 valence electrons. The Hall–Kier alpha value is -1.41. The highest BCUT2D eigenvalue weighted by molar-refractivity contribution is 5.92. The lowest BCUT2D eigenvalue weighted by Gasteiger charge is -2.29. The topological polar surface area (TPSA) is 66.9 Å². The molecule has 1 N–H and O–H groups in total. The summed E-state index contributed by atoms with van der Waals surface area (Å²) in [5, 5.41) is 8.87. The Morgan fingerprint density at radius 1 is 1.60 bits per heavy atom. The second kappa shape index (κ2) is 9.49. The number of likely N-dealkylation sites (tertiary alicyclic amines) is 1. The largest absolute Gasteiger partial charge is 0.465 e. The second-order valence-corrected chi connectivity index (χ2v) is 5.32. The zero-order chi connectivity index (χ0) is 14.8. The average molecular weight is 280 g/mol. The van der Waals surface area contributed by atoms with Crippen molar-refractivity contribution in [1.82, 2.24) is 0 Å². The van der Waals surface area contributed by atoms with E-state index in [1.807, 2.05) is 6.07 Å². The van der Waals surface area contributed by atoms with E-state index < -0.39 is 11.9 Å². The van der Waals surface area contributed by atoms with Crippen molar-refractivity contribution in [2.45, 2.75) is 45.6 Å². The Morgan fingerprint density at radius 2 is 2.40 bits per heavy atom. The van der Waals surface area contributed by atoms with Crippen LogP contribution in [-0.4, -0.2) is 44.5 Å². The molecule has 5 nitrogen and oxygen atoms in total. The van der Waals surface area contributed by atoms with Crippen LogP contribution < -0.4 is 4.90 Å². The van der Waals surface area contributed by atoms with Crippen LogP contribution in [-0.2, 0) is 9.53 Å². The summed E-state index contributed by atoms with van der Waals surface area (Å²) in [5.41, 5.74) is 0. The van der Waals surface area contributed by atoms with Gasteiger partial charge < -0.3 is 9.64 Å².